The lowest BCUT2D eigenvalue weighted by molar-refractivity contribution is 1.08. The van der Waals surface area contributed by atoms with Crippen molar-refractivity contribution in [3.05, 3.63) is 68.4 Å². The van der Waals surface area contributed by atoms with Gasteiger partial charge in [-0.2, -0.15) is 0 Å². The Balaban J connectivity index is 2.11. The molecule has 4 aromatic rings. The van der Waals surface area contributed by atoms with Crippen LogP contribution in [0.4, 0.5) is 0 Å². The van der Waals surface area contributed by atoms with Crippen LogP contribution in [-0.4, -0.2) is 19.4 Å². The average Bonchev–Trinajstić information content (AvgIpc) is 2.98. The summed E-state index contributed by atoms with van der Waals surface area (Å²) in [4.78, 5) is 26.2. The van der Waals surface area contributed by atoms with Gasteiger partial charge in [0.1, 0.15) is 0 Å². The number of aromatic nitrogens is 4. The molecule has 3 aromatic heterocycles. The quantitative estimate of drug-likeness (QED) is 0.444. The third-order valence-corrected chi connectivity index (χ3v) is 5.50. The second kappa shape index (κ2) is 6.38. The van der Waals surface area contributed by atoms with Gasteiger partial charge in [-0.05, 0) is 29.8 Å². The zero-order valence-electron chi connectivity index (χ0n) is 12.3. The van der Waals surface area contributed by atoms with Gasteiger partial charge in [0.25, 0.3) is 5.56 Å². The van der Waals surface area contributed by atoms with E-state index in [-0.39, 0.29) is 10.8 Å². The zero-order chi connectivity index (χ0) is 17.6. The van der Waals surface area contributed by atoms with E-state index >= 15 is 0 Å². The lowest BCUT2D eigenvalue weighted by Gasteiger charge is -2.06. The number of fused-ring (bicyclic) bond motifs is 1. The number of benzene rings is 1. The molecule has 0 radical (unpaired) electrons. The van der Waals surface area contributed by atoms with Crippen molar-refractivity contribution in [2.24, 2.45) is 0 Å². The normalized spacial score (nSPS) is 11.2. The van der Waals surface area contributed by atoms with E-state index in [0.29, 0.717) is 26.4 Å². The van der Waals surface area contributed by atoms with E-state index in [1.165, 1.54) is 28.0 Å². The van der Waals surface area contributed by atoms with Crippen LogP contribution in [-0.2, 0) is 0 Å². The minimum Gasteiger partial charge on any atom is -0.269 e. The van der Waals surface area contributed by atoms with Crippen LogP contribution >= 0.6 is 46.1 Å². The van der Waals surface area contributed by atoms with Crippen molar-refractivity contribution in [2.75, 3.05) is 0 Å². The number of halogens is 3. The standard InChI is InChI=1S/C16H7Cl3N4OS/c17-9-2-1-8(7-10(9)18)13-14(11-3-5-20-15(19)22-11)25-16-21-6-4-12(24)23(13)16/h1-7H. The molecule has 0 aliphatic rings. The van der Waals surface area contributed by atoms with E-state index in [9.17, 15) is 4.79 Å². The Labute approximate surface area is 160 Å². The van der Waals surface area contributed by atoms with E-state index in [0.717, 1.165) is 10.4 Å². The summed E-state index contributed by atoms with van der Waals surface area (Å²) in [6.07, 6.45) is 3.04. The molecular formula is C16H7Cl3N4OS. The summed E-state index contributed by atoms with van der Waals surface area (Å²) in [5, 5.41) is 0.944. The fourth-order valence-electron chi connectivity index (χ4n) is 2.45. The molecule has 0 amide bonds. The zero-order valence-corrected chi connectivity index (χ0v) is 15.4. The molecule has 0 N–H and O–H groups in total. The first-order chi connectivity index (χ1) is 12.0. The van der Waals surface area contributed by atoms with Crippen LogP contribution < -0.4 is 5.56 Å². The molecule has 0 spiro atoms. The van der Waals surface area contributed by atoms with Gasteiger partial charge in [0.2, 0.25) is 5.28 Å². The monoisotopic (exact) mass is 408 g/mol. The summed E-state index contributed by atoms with van der Waals surface area (Å²) >= 11 is 19.4. The summed E-state index contributed by atoms with van der Waals surface area (Å²) in [5.41, 5.74) is 1.75. The van der Waals surface area contributed by atoms with Crippen molar-refractivity contribution in [1.82, 2.24) is 19.4 Å². The Morgan fingerprint density at radius 3 is 2.52 bits per heavy atom. The van der Waals surface area contributed by atoms with Crippen LogP contribution in [0.3, 0.4) is 0 Å². The van der Waals surface area contributed by atoms with Crippen LogP contribution in [0.15, 0.2) is 47.5 Å². The number of thiazole rings is 1. The SMILES string of the molecule is O=c1ccnc2sc(-c3ccnc(Cl)n3)c(-c3ccc(Cl)c(Cl)c3)n12. The summed E-state index contributed by atoms with van der Waals surface area (Å²) in [6.45, 7) is 0. The molecule has 0 fully saturated rings. The second-order valence-corrected chi connectivity index (χ2v) is 7.15. The van der Waals surface area contributed by atoms with E-state index in [4.69, 9.17) is 34.8 Å². The first-order valence-corrected chi connectivity index (χ1v) is 8.94. The molecule has 3 heterocycles. The van der Waals surface area contributed by atoms with Crippen LogP contribution in [0, 0.1) is 0 Å². The molecule has 0 saturated heterocycles. The summed E-state index contributed by atoms with van der Waals surface area (Å²) in [7, 11) is 0. The Morgan fingerprint density at radius 2 is 1.76 bits per heavy atom. The number of hydrogen-bond acceptors (Lipinski definition) is 5. The van der Waals surface area contributed by atoms with Crippen molar-refractivity contribution in [1.29, 1.82) is 0 Å². The Bertz CT molecular complexity index is 1170. The van der Waals surface area contributed by atoms with E-state index in [2.05, 4.69) is 15.0 Å². The minimum atomic E-state index is -0.200. The molecule has 0 atom stereocenters. The topological polar surface area (TPSA) is 60.2 Å². The average molecular weight is 410 g/mol. The van der Waals surface area contributed by atoms with Gasteiger partial charge in [0, 0.05) is 24.0 Å². The van der Waals surface area contributed by atoms with Crippen LogP contribution in [0.5, 0.6) is 0 Å². The van der Waals surface area contributed by atoms with Crippen molar-refractivity contribution < 1.29 is 0 Å². The van der Waals surface area contributed by atoms with Gasteiger partial charge in [-0.1, -0.05) is 40.6 Å². The highest BCUT2D eigenvalue weighted by Gasteiger charge is 2.19. The third kappa shape index (κ3) is 2.91. The van der Waals surface area contributed by atoms with E-state index < -0.39 is 0 Å². The van der Waals surface area contributed by atoms with E-state index in [1.807, 2.05) is 0 Å². The highest BCUT2D eigenvalue weighted by Crippen LogP contribution is 2.39. The molecule has 0 saturated carbocycles. The summed E-state index contributed by atoms with van der Waals surface area (Å²) in [6, 6.07) is 8.31. The minimum absolute atomic E-state index is 0.121. The summed E-state index contributed by atoms with van der Waals surface area (Å²) in [5.74, 6) is 0. The van der Waals surface area contributed by atoms with Gasteiger partial charge < -0.3 is 0 Å². The third-order valence-electron chi connectivity index (χ3n) is 3.50. The van der Waals surface area contributed by atoms with Crippen molar-refractivity contribution in [2.45, 2.75) is 0 Å². The highest BCUT2D eigenvalue weighted by atomic mass is 35.5. The molecule has 5 nitrogen and oxygen atoms in total. The first-order valence-electron chi connectivity index (χ1n) is 6.99. The largest absolute Gasteiger partial charge is 0.269 e. The van der Waals surface area contributed by atoms with Crippen molar-refractivity contribution in [3.8, 4) is 21.8 Å². The van der Waals surface area contributed by atoms with Crippen molar-refractivity contribution in [3.63, 3.8) is 0 Å². The molecule has 1 aromatic carbocycles. The molecule has 4 rings (SSSR count). The Morgan fingerprint density at radius 1 is 0.960 bits per heavy atom. The summed E-state index contributed by atoms with van der Waals surface area (Å²) < 4.78 is 1.52. The van der Waals surface area contributed by atoms with Gasteiger partial charge in [0.05, 0.1) is 26.3 Å². The second-order valence-electron chi connectivity index (χ2n) is 5.02. The van der Waals surface area contributed by atoms with Crippen LogP contribution in [0.25, 0.3) is 26.8 Å². The van der Waals surface area contributed by atoms with Gasteiger partial charge >= 0.3 is 0 Å². The first kappa shape index (κ1) is 16.5. The molecule has 9 heteroatoms. The Hall–Kier alpha value is -1.99. The number of nitrogens with zero attached hydrogens (tertiary/aromatic N) is 4. The predicted molar refractivity (Wildman–Crippen MR) is 101 cm³/mol. The fraction of sp³-hybridized carbons (Fsp3) is 0. The molecule has 25 heavy (non-hydrogen) atoms. The highest BCUT2D eigenvalue weighted by molar-refractivity contribution is 7.20. The van der Waals surface area contributed by atoms with Gasteiger partial charge in [0.15, 0.2) is 4.96 Å². The maximum atomic E-state index is 12.4. The molecule has 0 unspecified atom stereocenters. The molecule has 0 bridgehead atoms. The smallest absolute Gasteiger partial charge is 0.258 e. The lowest BCUT2D eigenvalue weighted by Crippen LogP contribution is -2.12. The van der Waals surface area contributed by atoms with Crippen LogP contribution in [0.2, 0.25) is 15.3 Å². The molecule has 124 valence electrons. The predicted octanol–water partition coefficient (Wildman–Crippen LogP) is 4.84. The maximum Gasteiger partial charge on any atom is 0.258 e. The van der Waals surface area contributed by atoms with Gasteiger partial charge in [-0.3, -0.25) is 9.20 Å². The number of hydrogen-bond donors (Lipinski definition) is 0. The maximum absolute atomic E-state index is 12.4. The molecular weight excluding hydrogens is 403 g/mol. The fourth-order valence-corrected chi connectivity index (χ4v) is 3.99. The van der Waals surface area contributed by atoms with Gasteiger partial charge in [-0.15, -0.1) is 0 Å². The molecule has 0 aliphatic carbocycles. The van der Waals surface area contributed by atoms with Crippen LogP contribution in [0.1, 0.15) is 0 Å². The lowest BCUT2D eigenvalue weighted by atomic mass is 10.1. The number of rotatable bonds is 2. The van der Waals surface area contributed by atoms with Gasteiger partial charge in [-0.25, -0.2) is 15.0 Å². The van der Waals surface area contributed by atoms with Crippen molar-refractivity contribution >= 4 is 51.1 Å². The Kier molecular flexibility index (Phi) is 4.21. The van der Waals surface area contributed by atoms with E-state index in [1.54, 1.807) is 30.5 Å². The molecule has 0 aliphatic heterocycles.